The Morgan fingerprint density at radius 3 is 2.42 bits per heavy atom. The van der Waals surface area contributed by atoms with E-state index < -0.39 is 0 Å². The van der Waals surface area contributed by atoms with Crippen LogP contribution in [0.4, 0.5) is 0 Å². The summed E-state index contributed by atoms with van der Waals surface area (Å²) in [7, 11) is 0. The van der Waals surface area contributed by atoms with Crippen LogP contribution in [0.1, 0.15) is 52.1 Å². The van der Waals surface area contributed by atoms with E-state index in [1.165, 1.54) is 18.5 Å². The van der Waals surface area contributed by atoms with Gasteiger partial charge >= 0.3 is 0 Å². The van der Waals surface area contributed by atoms with Gasteiger partial charge in [-0.2, -0.15) is 0 Å². The minimum atomic E-state index is 0. The van der Waals surface area contributed by atoms with Crippen molar-refractivity contribution in [3.63, 3.8) is 0 Å². The number of hydrogen-bond acceptors (Lipinski definition) is 4. The van der Waals surface area contributed by atoms with Crippen LogP contribution in [-0.2, 0) is 4.74 Å². The molecule has 0 aliphatic carbocycles. The molecule has 0 saturated carbocycles. The molecule has 0 bridgehead atoms. The third kappa shape index (κ3) is 10.5. The zero-order valence-electron chi connectivity index (χ0n) is 20.0. The molecule has 1 fully saturated rings. The maximum absolute atomic E-state index is 5.57. The third-order valence-corrected chi connectivity index (χ3v) is 5.83. The normalized spacial score (nSPS) is 17.1. The van der Waals surface area contributed by atoms with E-state index in [2.05, 4.69) is 78.5 Å². The minimum absolute atomic E-state index is 0. The highest BCUT2D eigenvalue weighted by Gasteiger charge is 2.22. The van der Waals surface area contributed by atoms with Crippen LogP contribution >= 0.6 is 24.0 Å². The highest BCUT2D eigenvalue weighted by molar-refractivity contribution is 14.0. The van der Waals surface area contributed by atoms with E-state index in [0.29, 0.717) is 6.04 Å². The van der Waals surface area contributed by atoms with Crippen molar-refractivity contribution in [3.05, 3.63) is 35.9 Å². The number of benzene rings is 1. The second-order valence-corrected chi connectivity index (χ2v) is 8.01. The number of guanidine groups is 1. The van der Waals surface area contributed by atoms with E-state index in [0.717, 1.165) is 64.9 Å². The molecule has 0 spiro atoms. The molecule has 1 saturated heterocycles. The molecule has 2 rings (SSSR count). The van der Waals surface area contributed by atoms with Crippen molar-refractivity contribution in [2.45, 2.75) is 52.6 Å². The van der Waals surface area contributed by atoms with Crippen molar-refractivity contribution in [1.29, 1.82) is 0 Å². The lowest BCUT2D eigenvalue weighted by Gasteiger charge is -2.34. The van der Waals surface area contributed by atoms with Crippen LogP contribution in [0.15, 0.2) is 35.3 Å². The van der Waals surface area contributed by atoms with Crippen LogP contribution in [0.3, 0.4) is 0 Å². The van der Waals surface area contributed by atoms with Crippen LogP contribution in [0.25, 0.3) is 0 Å². The molecule has 0 amide bonds. The van der Waals surface area contributed by atoms with Crippen molar-refractivity contribution in [2.75, 3.05) is 59.0 Å². The highest BCUT2D eigenvalue weighted by atomic mass is 127. The van der Waals surface area contributed by atoms with Gasteiger partial charge in [0.05, 0.1) is 25.8 Å². The Hall–Kier alpha value is -0.900. The summed E-state index contributed by atoms with van der Waals surface area (Å²) in [5.74, 6) is 0.919. The fraction of sp³-hybridized carbons (Fsp3) is 0.708. The van der Waals surface area contributed by atoms with Crippen LogP contribution in [0.5, 0.6) is 0 Å². The zero-order valence-corrected chi connectivity index (χ0v) is 22.3. The van der Waals surface area contributed by atoms with E-state index in [1.807, 2.05) is 0 Å². The summed E-state index contributed by atoms with van der Waals surface area (Å²) >= 11 is 0. The topological polar surface area (TPSA) is 52.1 Å². The van der Waals surface area contributed by atoms with Gasteiger partial charge in [0.1, 0.15) is 0 Å². The van der Waals surface area contributed by atoms with Gasteiger partial charge in [0.2, 0.25) is 0 Å². The van der Waals surface area contributed by atoms with Crippen molar-refractivity contribution in [3.8, 4) is 0 Å². The molecule has 1 aromatic rings. The van der Waals surface area contributed by atoms with Gasteiger partial charge in [-0.1, -0.05) is 44.2 Å². The fourth-order valence-corrected chi connectivity index (χ4v) is 3.96. The number of ether oxygens (including phenoxy) is 1. The molecule has 1 aliphatic heterocycles. The highest BCUT2D eigenvalue weighted by Crippen LogP contribution is 2.22. The maximum Gasteiger partial charge on any atom is 0.191 e. The Kier molecular flexibility index (Phi) is 15.2. The molecule has 31 heavy (non-hydrogen) atoms. The molecule has 7 heteroatoms. The maximum atomic E-state index is 5.57. The number of rotatable bonds is 12. The molecule has 0 radical (unpaired) electrons. The van der Waals surface area contributed by atoms with Crippen molar-refractivity contribution in [2.24, 2.45) is 4.99 Å². The lowest BCUT2D eigenvalue weighted by atomic mass is 10.0. The van der Waals surface area contributed by atoms with E-state index in [4.69, 9.17) is 9.73 Å². The standard InChI is InChI=1S/C24H43N5O.HI/c1-5-25-24(27-21(4)12-11-15-28(6-2)7-3)26-20-23(22-13-9-8-10-14-22)29-16-18-30-19-17-29;/h8-10,13-14,21,23H,5-7,11-12,15-20H2,1-4H3,(H2,25,26,27);1H. The molecule has 1 heterocycles. The molecule has 2 atom stereocenters. The first-order valence-electron chi connectivity index (χ1n) is 11.8. The molecular formula is C24H44IN5O. The predicted molar refractivity (Wildman–Crippen MR) is 143 cm³/mol. The van der Waals surface area contributed by atoms with E-state index in [-0.39, 0.29) is 30.0 Å². The van der Waals surface area contributed by atoms with Crippen LogP contribution in [-0.4, -0.2) is 80.8 Å². The number of hydrogen-bond donors (Lipinski definition) is 2. The van der Waals surface area contributed by atoms with Crippen molar-refractivity contribution < 1.29 is 4.74 Å². The summed E-state index contributed by atoms with van der Waals surface area (Å²) in [5.41, 5.74) is 1.33. The Bertz CT molecular complexity index is 591. The second-order valence-electron chi connectivity index (χ2n) is 8.01. The SMILES string of the molecule is CCNC(=NCC(c1ccccc1)N1CCOCC1)NC(C)CCCN(CC)CC.I. The van der Waals surface area contributed by atoms with Gasteiger partial charge in [0.25, 0.3) is 0 Å². The summed E-state index contributed by atoms with van der Waals surface area (Å²) in [6, 6.07) is 11.4. The van der Waals surface area contributed by atoms with Gasteiger partial charge in [-0.05, 0) is 51.9 Å². The smallest absolute Gasteiger partial charge is 0.191 e. The fourth-order valence-electron chi connectivity index (χ4n) is 3.96. The van der Waals surface area contributed by atoms with Gasteiger partial charge < -0.3 is 20.3 Å². The second kappa shape index (κ2) is 16.7. The summed E-state index contributed by atoms with van der Waals surface area (Å²) < 4.78 is 5.57. The van der Waals surface area contributed by atoms with E-state index >= 15 is 0 Å². The molecule has 1 aliphatic rings. The Morgan fingerprint density at radius 1 is 1.13 bits per heavy atom. The average molecular weight is 546 g/mol. The first-order valence-corrected chi connectivity index (χ1v) is 11.8. The summed E-state index contributed by atoms with van der Waals surface area (Å²) in [6.45, 7) is 17.4. The predicted octanol–water partition coefficient (Wildman–Crippen LogP) is 3.74. The Labute approximate surface area is 207 Å². The van der Waals surface area contributed by atoms with Crippen molar-refractivity contribution >= 4 is 29.9 Å². The van der Waals surface area contributed by atoms with Crippen LogP contribution < -0.4 is 10.6 Å². The van der Waals surface area contributed by atoms with Crippen molar-refractivity contribution in [1.82, 2.24) is 20.4 Å². The number of nitrogens with one attached hydrogen (secondary N) is 2. The van der Waals surface area contributed by atoms with Crippen LogP contribution in [0, 0.1) is 0 Å². The van der Waals surface area contributed by atoms with Gasteiger partial charge in [0, 0.05) is 25.7 Å². The quantitative estimate of drug-likeness (QED) is 0.238. The lowest BCUT2D eigenvalue weighted by molar-refractivity contribution is 0.0179. The largest absolute Gasteiger partial charge is 0.379 e. The first-order chi connectivity index (χ1) is 14.7. The number of aliphatic imine (C=N–C) groups is 1. The molecule has 1 aromatic carbocycles. The number of halogens is 1. The van der Waals surface area contributed by atoms with Gasteiger partial charge in [-0.25, -0.2) is 0 Å². The third-order valence-electron chi connectivity index (χ3n) is 5.83. The molecule has 6 nitrogen and oxygen atoms in total. The summed E-state index contributed by atoms with van der Waals surface area (Å²) in [5, 5.41) is 7.04. The lowest BCUT2D eigenvalue weighted by Crippen LogP contribution is -2.44. The number of morpholine rings is 1. The molecule has 178 valence electrons. The molecule has 2 N–H and O–H groups in total. The number of nitrogens with zero attached hydrogens (tertiary/aromatic N) is 3. The average Bonchev–Trinajstić information content (AvgIpc) is 2.78. The zero-order chi connectivity index (χ0) is 21.6. The van der Waals surface area contributed by atoms with Gasteiger partial charge in [0.15, 0.2) is 5.96 Å². The Balaban J connectivity index is 0.00000480. The summed E-state index contributed by atoms with van der Waals surface area (Å²) in [6.07, 6.45) is 2.35. The minimum Gasteiger partial charge on any atom is -0.379 e. The van der Waals surface area contributed by atoms with Gasteiger partial charge in [-0.15, -0.1) is 24.0 Å². The van der Waals surface area contributed by atoms with E-state index in [9.17, 15) is 0 Å². The van der Waals surface area contributed by atoms with Crippen LogP contribution in [0.2, 0.25) is 0 Å². The summed E-state index contributed by atoms with van der Waals surface area (Å²) in [4.78, 5) is 9.97. The molecular weight excluding hydrogens is 501 g/mol. The van der Waals surface area contributed by atoms with Gasteiger partial charge in [-0.3, -0.25) is 9.89 Å². The first kappa shape index (κ1) is 28.1. The Morgan fingerprint density at radius 2 is 1.81 bits per heavy atom. The van der Waals surface area contributed by atoms with E-state index in [1.54, 1.807) is 0 Å². The molecule has 0 aromatic heterocycles. The molecule has 2 unspecified atom stereocenters. The monoisotopic (exact) mass is 545 g/mol.